The normalized spacial score (nSPS) is 21.7. The van der Waals surface area contributed by atoms with Crippen molar-refractivity contribution in [2.24, 2.45) is 5.92 Å². The van der Waals surface area contributed by atoms with Gasteiger partial charge in [0.05, 0.1) is 0 Å². The lowest BCUT2D eigenvalue weighted by atomic mass is 9.83. The molecule has 0 unspecified atom stereocenters. The standard InChI is InChI=1S/C25H29N3O3/c29-23(10-2-1-5-12-26-16-19-7-3-4-8-21(19)25(26)31)27-14-18-13-20(17-27)22-9-6-11-24(30)28(22)15-18/h3-4,6-9,11,18,20H,1-2,5,10,12-17H2/t18-,20+/m0/s1. The fourth-order valence-corrected chi connectivity index (χ4v) is 5.51. The van der Waals surface area contributed by atoms with Crippen LogP contribution in [0.1, 0.15) is 59.6 Å². The largest absolute Gasteiger partial charge is 0.342 e. The number of piperidine rings is 1. The Morgan fingerprint density at radius 2 is 1.81 bits per heavy atom. The van der Waals surface area contributed by atoms with Gasteiger partial charge in [-0.05, 0) is 42.9 Å². The fraction of sp³-hybridized carbons (Fsp3) is 0.480. The maximum Gasteiger partial charge on any atom is 0.254 e. The third kappa shape index (κ3) is 3.91. The van der Waals surface area contributed by atoms with Crippen LogP contribution in [0, 0.1) is 5.92 Å². The maximum absolute atomic E-state index is 12.8. The summed E-state index contributed by atoms with van der Waals surface area (Å²) in [6.45, 7) is 3.66. The first-order valence-corrected chi connectivity index (χ1v) is 11.4. The van der Waals surface area contributed by atoms with Crippen LogP contribution in [0.25, 0.3) is 0 Å². The molecule has 2 aromatic rings. The number of benzene rings is 1. The van der Waals surface area contributed by atoms with Crippen molar-refractivity contribution in [3.8, 4) is 0 Å². The Balaban J connectivity index is 1.08. The van der Waals surface area contributed by atoms with Crippen LogP contribution in [0.15, 0.2) is 47.3 Å². The van der Waals surface area contributed by atoms with Crippen molar-refractivity contribution in [3.05, 3.63) is 69.6 Å². The smallest absolute Gasteiger partial charge is 0.254 e. The lowest BCUT2D eigenvalue weighted by molar-refractivity contribution is -0.134. The molecular weight excluding hydrogens is 390 g/mol. The third-order valence-corrected chi connectivity index (χ3v) is 7.05. The third-order valence-electron chi connectivity index (χ3n) is 7.05. The minimum absolute atomic E-state index is 0.0755. The van der Waals surface area contributed by atoms with Crippen molar-refractivity contribution in [3.63, 3.8) is 0 Å². The van der Waals surface area contributed by atoms with E-state index in [0.29, 0.717) is 18.9 Å². The van der Waals surface area contributed by atoms with Crippen molar-refractivity contribution in [1.82, 2.24) is 14.4 Å². The van der Waals surface area contributed by atoms with Crippen LogP contribution in [0.2, 0.25) is 0 Å². The van der Waals surface area contributed by atoms with Crippen LogP contribution in [0.5, 0.6) is 0 Å². The Hall–Kier alpha value is -2.89. The topological polar surface area (TPSA) is 62.6 Å². The first-order chi connectivity index (χ1) is 15.1. The van der Waals surface area contributed by atoms with Crippen LogP contribution in [0.4, 0.5) is 0 Å². The summed E-state index contributed by atoms with van der Waals surface area (Å²) in [7, 11) is 0. The molecular formula is C25H29N3O3. The molecule has 31 heavy (non-hydrogen) atoms. The second-order valence-corrected chi connectivity index (χ2v) is 9.19. The summed E-state index contributed by atoms with van der Waals surface area (Å²) in [5, 5.41) is 0. The molecule has 2 bridgehead atoms. The number of nitrogens with zero attached hydrogens (tertiary/aromatic N) is 3. The number of likely N-dealkylation sites (tertiary alicyclic amines) is 1. The molecule has 4 heterocycles. The van der Waals surface area contributed by atoms with E-state index >= 15 is 0 Å². The average Bonchev–Trinajstić information content (AvgIpc) is 3.10. The second kappa shape index (κ2) is 8.33. The Morgan fingerprint density at radius 3 is 2.68 bits per heavy atom. The molecule has 1 aromatic heterocycles. The summed E-state index contributed by atoms with van der Waals surface area (Å²) in [6, 6.07) is 13.3. The van der Waals surface area contributed by atoms with E-state index in [1.807, 2.05) is 50.8 Å². The first kappa shape index (κ1) is 20.0. The van der Waals surface area contributed by atoms with Gasteiger partial charge in [0.1, 0.15) is 0 Å². The molecule has 1 fully saturated rings. The molecule has 1 saturated heterocycles. The zero-order chi connectivity index (χ0) is 21.4. The molecule has 3 aliphatic heterocycles. The van der Waals surface area contributed by atoms with Crippen molar-refractivity contribution in [2.75, 3.05) is 19.6 Å². The molecule has 6 heteroatoms. The highest BCUT2D eigenvalue weighted by atomic mass is 16.2. The number of fused-ring (bicyclic) bond motifs is 5. The molecule has 3 aliphatic rings. The molecule has 162 valence electrons. The van der Waals surface area contributed by atoms with Gasteiger partial charge in [-0.15, -0.1) is 0 Å². The maximum atomic E-state index is 12.8. The summed E-state index contributed by atoms with van der Waals surface area (Å²) in [4.78, 5) is 41.3. The number of hydrogen-bond acceptors (Lipinski definition) is 3. The molecule has 0 N–H and O–H groups in total. The van der Waals surface area contributed by atoms with Crippen molar-refractivity contribution < 1.29 is 9.59 Å². The molecule has 2 atom stereocenters. The number of unbranched alkanes of at least 4 members (excludes halogenated alkanes) is 2. The quantitative estimate of drug-likeness (QED) is 0.676. The summed E-state index contributed by atoms with van der Waals surface area (Å²) < 4.78 is 1.90. The molecule has 0 saturated carbocycles. The summed E-state index contributed by atoms with van der Waals surface area (Å²) >= 11 is 0. The monoisotopic (exact) mass is 419 g/mol. The van der Waals surface area contributed by atoms with Crippen molar-refractivity contribution in [1.29, 1.82) is 0 Å². The summed E-state index contributed by atoms with van der Waals surface area (Å²) in [5.41, 5.74) is 3.10. The van der Waals surface area contributed by atoms with Crippen molar-refractivity contribution in [2.45, 2.75) is 51.1 Å². The van der Waals surface area contributed by atoms with E-state index < -0.39 is 0 Å². The Bertz CT molecular complexity index is 1060. The predicted octanol–water partition coefficient (Wildman–Crippen LogP) is 3.01. The van der Waals surface area contributed by atoms with E-state index in [1.165, 1.54) is 0 Å². The number of pyridine rings is 1. The number of rotatable bonds is 6. The molecule has 6 nitrogen and oxygen atoms in total. The van der Waals surface area contributed by atoms with Gasteiger partial charge in [0.2, 0.25) is 5.91 Å². The van der Waals surface area contributed by atoms with E-state index in [2.05, 4.69) is 0 Å². The SMILES string of the molecule is O=C(CCCCCN1Cc2ccccc2C1=O)N1C[C@@H]2C[C@H](C1)c1cccc(=O)n1C2. The highest BCUT2D eigenvalue weighted by molar-refractivity contribution is 5.98. The van der Waals surface area contributed by atoms with E-state index in [-0.39, 0.29) is 23.3 Å². The number of carbonyl (C=O) groups excluding carboxylic acids is 2. The summed E-state index contributed by atoms with van der Waals surface area (Å²) in [5.74, 6) is 1.00. The van der Waals surface area contributed by atoms with E-state index in [1.54, 1.807) is 6.07 Å². The number of hydrogen-bond donors (Lipinski definition) is 0. The van der Waals surface area contributed by atoms with Crippen LogP contribution in [0.3, 0.4) is 0 Å². The lowest BCUT2D eigenvalue weighted by Crippen LogP contribution is -2.49. The Kier molecular flexibility index (Phi) is 5.38. The van der Waals surface area contributed by atoms with Crippen LogP contribution >= 0.6 is 0 Å². The lowest BCUT2D eigenvalue weighted by Gasteiger charge is -2.42. The van der Waals surface area contributed by atoms with Gasteiger partial charge in [0.15, 0.2) is 0 Å². The molecule has 5 rings (SSSR count). The second-order valence-electron chi connectivity index (χ2n) is 9.19. The van der Waals surface area contributed by atoms with Crippen molar-refractivity contribution >= 4 is 11.8 Å². The first-order valence-electron chi connectivity index (χ1n) is 11.4. The van der Waals surface area contributed by atoms with Gasteiger partial charge >= 0.3 is 0 Å². The van der Waals surface area contributed by atoms with Gasteiger partial charge < -0.3 is 14.4 Å². The van der Waals surface area contributed by atoms with Gasteiger partial charge in [-0.1, -0.05) is 30.7 Å². The van der Waals surface area contributed by atoms with E-state index in [0.717, 1.165) is 68.7 Å². The molecule has 0 radical (unpaired) electrons. The summed E-state index contributed by atoms with van der Waals surface area (Å²) in [6.07, 6.45) is 4.36. The van der Waals surface area contributed by atoms with Gasteiger partial charge in [0.25, 0.3) is 11.5 Å². The minimum atomic E-state index is 0.0755. The highest BCUT2D eigenvalue weighted by Gasteiger charge is 2.36. The Labute approximate surface area is 182 Å². The molecule has 2 amide bonds. The molecule has 1 aromatic carbocycles. The van der Waals surface area contributed by atoms with Gasteiger partial charge in [0, 0.05) is 62.4 Å². The van der Waals surface area contributed by atoms with Gasteiger partial charge in [-0.25, -0.2) is 0 Å². The number of amides is 2. The predicted molar refractivity (Wildman–Crippen MR) is 118 cm³/mol. The van der Waals surface area contributed by atoms with E-state index in [4.69, 9.17) is 0 Å². The average molecular weight is 420 g/mol. The van der Waals surface area contributed by atoms with Crippen LogP contribution < -0.4 is 5.56 Å². The molecule has 0 spiro atoms. The fourth-order valence-electron chi connectivity index (χ4n) is 5.51. The number of aromatic nitrogens is 1. The minimum Gasteiger partial charge on any atom is -0.342 e. The van der Waals surface area contributed by atoms with Gasteiger partial charge in [-0.3, -0.25) is 14.4 Å². The Morgan fingerprint density at radius 1 is 0.935 bits per heavy atom. The number of carbonyl (C=O) groups is 2. The van der Waals surface area contributed by atoms with Crippen LogP contribution in [-0.4, -0.2) is 45.8 Å². The zero-order valence-electron chi connectivity index (χ0n) is 17.8. The molecule has 0 aliphatic carbocycles. The van der Waals surface area contributed by atoms with Crippen LogP contribution in [-0.2, 0) is 17.9 Å². The van der Waals surface area contributed by atoms with E-state index in [9.17, 15) is 14.4 Å². The van der Waals surface area contributed by atoms with Gasteiger partial charge in [-0.2, -0.15) is 0 Å². The highest BCUT2D eigenvalue weighted by Crippen LogP contribution is 2.35. The zero-order valence-corrected chi connectivity index (χ0v) is 17.8.